The van der Waals surface area contributed by atoms with Gasteiger partial charge in [-0.05, 0) is 77.9 Å². The van der Waals surface area contributed by atoms with Crippen LogP contribution in [0.4, 0.5) is 5.69 Å². The Labute approximate surface area is 381 Å². The largest absolute Gasteiger partial charge is 0.309 e. The van der Waals surface area contributed by atoms with Gasteiger partial charge in [0.25, 0.3) is 0 Å². The lowest BCUT2D eigenvalue weighted by atomic mass is 9.91. The Morgan fingerprint density at radius 2 is 0.894 bits per heavy atom. The van der Waals surface area contributed by atoms with Crippen LogP contribution in [0.25, 0.3) is 116 Å². The van der Waals surface area contributed by atoms with E-state index in [0.29, 0.717) is 17.1 Å². The summed E-state index contributed by atoms with van der Waals surface area (Å²) < 4.78 is 4.76. The maximum Gasteiger partial charge on any atom is 0.187 e. The Hall–Kier alpha value is -9.36. The molecule has 0 saturated heterocycles. The fourth-order valence-corrected chi connectivity index (χ4v) is 9.51. The average molecular weight is 841 g/mol. The molecule has 0 N–H and O–H groups in total. The standard InChI is InChI=1S/C60H36N6/c1-62-45-30-28-41(29-31-45)51-35-44(54-37-53(42-14-4-2-5-15-42)63-60(64-54)43-16-6-3-7-17-43)34-50(40-26-24-39(38-61)25-27-40)59(51)66-57-23-13-10-20-49(57)52-36-46(32-33-58(52)66)65-55-21-11-8-18-47(55)48-19-9-12-22-56(48)65/h2-37H. The van der Waals surface area contributed by atoms with Gasteiger partial charge in [0.2, 0.25) is 0 Å². The molecule has 3 heterocycles. The molecule has 0 unspecified atom stereocenters. The molecule has 9 aromatic carbocycles. The number of nitrogens with zero attached hydrogens (tertiary/aromatic N) is 6. The zero-order chi connectivity index (χ0) is 44.1. The molecule has 12 aromatic rings. The van der Waals surface area contributed by atoms with E-state index >= 15 is 0 Å². The molecule has 6 nitrogen and oxygen atoms in total. The normalized spacial score (nSPS) is 11.3. The Kier molecular flexibility index (Phi) is 9.16. The van der Waals surface area contributed by atoms with E-state index in [1.54, 1.807) is 0 Å². The first kappa shape index (κ1) is 38.3. The molecule has 0 aliphatic rings. The minimum absolute atomic E-state index is 0.564. The van der Waals surface area contributed by atoms with Crippen molar-refractivity contribution in [3.8, 4) is 73.6 Å². The van der Waals surface area contributed by atoms with E-state index in [2.05, 4.69) is 141 Å². The molecule has 306 valence electrons. The second-order valence-corrected chi connectivity index (χ2v) is 16.4. The quantitative estimate of drug-likeness (QED) is 0.150. The zero-order valence-electron chi connectivity index (χ0n) is 35.5. The molecule has 0 aliphatic carbocycles. The maximum atomic E-state index is 9.93. The van der Waals surface area contributed by atoms with Gasteiger partial charge in [-0.2, -0.15) is 5.26 Å². The Balaban J connectivity index is 1.18. The first-order valence-electron chi connectivity index (χ1n) is 21.8. The van der Waals surface area contributed by atoms with Gasteiger partial charge in [0.1, 0.15) is 0 Å². The molecule has 66 heavy (non-hydrogen) atoms. The summed E-state index contributed by atoms with van der Waals surface area (Å²) >= 11 is 0. The van der Waals surface area contributed by atoms with Gasteiger partial charge < -0.3 is 9.13 Å². The highest BCUT2D eigenvalue weighted by molar-refractivity contribution is 6.13. The van der Waals surface area contributed by atoms with Crippen LogP contribution in [0.3, 0.4) is 0 Å². The molecule has 0 saturated carbocycles. The van der Waals surface area contributed by atoms with Gasteiger partial charge in [-0.1, -0.05) is 152 Å². The van der Waals surface area contributed by atoms with Crippen LogP contribution in [0.1, 0.15) is 5.56 Å². The monoisotopic (exact) mass is 840 g/mol. The van der Waals surface area contributed by atoms with Gasteiger partial charge in [0.15, 0.2) is 11.5 Å². The molecule has 0 bridgehead atoms. The zero-order valence-corrected chi connectivity index (χ0v) is 35.5. The number of rotatable bonds is 7. The third-order valence-electron chi connectivity index (χ3n) is 12.6. The molecule has 0 aliphatic heterocycles. The summed E-state index contributed by atoms with van der Waals surface area (Å²) in [6.45, 7) is 7.80. The summed E-state index contributed by atoms with van der Waals surface area (Å²) in [5.41, 5.74) is 15.8. The highest BCUT2D eigenvalue weighted by atomic mass is 15.0. The molecule has 12 rings (SSSR count). The van der Waals surface area contributed by atoms with Crippen LogP contribution in [-0.2, 0) is 0 Å². The van der Waals surface area contributed by atoms with E-state index in [0.717, 1.165) is 94.5 Å². The number of para-hydroxylation sites is 3. The fourth-order valence-electron chi connectivity index (χ4n) is 9.51. The van der Waals surface area contributed by atoms with Crippen molar-refractivity contribution in [1.82, 2.24) is 19.1 Å². The van der Waals surface area contributed by atoms with Gasteiger partial charge >= 0.3 is 0 Å². The highest BCUT2D eigenvalue weighted by Crippen LogP contribution is 2.45. The van der Waals surface area contributed by atoms with Crippen molar-refractivity contribution in [3.63, 3.8) is 0 Å². The Morgan fingerprint density at radius 3 is 1.47 bits per heavy atom. The molecule has 3 aromatic heterocycles. The number of aromatic nitrogens is 4. The molecular weight excluding hydrogens is 805 g/mol. The van der Waals surface area contributed by atoms with Crippen LogP contribution in [-0.4, -0.2) is 19.1 Å². The van der Waals surface area contributed by atoms with E-state index in [9.17, 15) is 5.26 Å². The molecule has 0 atom stereocenters. The van der Waals surface area contributed by atoms with E-state index in [1.807, 2.05) is 97.1 Å². The van der Waals surface area contributed by atoms with Crippen LogP contribution in [0.2, 0.25) is 0 Å². The Bertz CT molecular complexity index is 3740. The smallest absolute Gasteiger partial charge is 0.187 e. The van der Waals surface area contributed by atoms with Gasteiger partial charge in [-0.3, -0.25) is 0 Å². The van der Waals surface area contributed by atoms with Crippen molar-refractivity contribution in [3.05, 3.63) is 235 Å². The third kappa shape index (κ3) is 6.41. The predicted octanol–water partition coefficient (Wildman–Crippen LogP) is 15.4. The molecule has 0 spiro atoms. The van der Waals surface area contributed by atoms with Gasteiger partial charge in [-0.15, -0.1) is 0 Å². The minimum Gasteiger partial charge on any atom is -0.309 e. The van der Waals surface area contributed by atoms with Crippen LogP contribution >= 0.6 is 0 Å². The Morgan fingerprint density at radius 1 is 0.409 bits per heavy atom. The van der Waals surface area contributed by atoms with E-state index in [4.69, 9.17) is 16.5 Å². The number of hydrogen-bond donors (Lipinski definition) is 0. The topological polar surface area (TPSA) is 63.8 Å². The van der Waals surface area contributed by atoms with Crippen LogP contribution in [0, 0.1) is 17.9 Å². The predicted molar refractivity (Wildman–Crippen MR) is 269 cm³/mol. The number of fused-ring (bicyclic) bond motifs is 6. The molecule has 0 radical (unpaired) electrons. The molecule has 6 heteroatoms. The SMILES string of the molecule is [C-]#[N+]c1ccc(-c2cc(-c3cc(-c4ccccc4)nc(-c4ccccc4)n3)cc(-c3ccc(C#N)cc3)c2-n2c3ccccc3c3cc(-n4c5ccccc5c5ccccc54)ccc32)cc1. The lowest BCUT2D eigenvalue weighted by Crippen LogP contribution is -2.03. The molecule has 0 amide bonds. The lowest BCUT2D eigenvalue weighted by Gasteiger charge is -2.21. The van der Waals surface area contributed by atoms with E-state index in [1.165, 1.54) is 10.8 Å². The van der Waals surface area contributed by atoms with Crippen molar-refractivity contribution in [2.45, 2.75) is 0 Å². The summed E-state index contributed by atoms with van der Waals surface area (Å²) in [5, 5.41) is 14.6. The summed E-state index contributed by atoms with van der Waals surface area (Å²) in [7, 11) is 0. The second kappa shape index (κ2) is 15.8. The third-order valence-corrected chi connectivity index (χ3v) is 12.6. The van der Waals surface area contributed by atoms with Gasteiger partial charge in [0, 0.05) is 55.0 Å². The number of hydrogen-bond acceptors (Lipinski definition) is 3. The second-order valence-electron chi connectivity index (χ2n) is 16.4. The summed E-state index contributed by atoms with van der Waals surface area (Å²) in [6, 6.07) is 77.5. The van der Waals surface area contributed by atoms with Crippen LogP contribution in [0.5, 0.6) is 0 Å². The number of benzene rings is 9. The van der Waals surface area contributed by atoms with Crippen molar-refractivity contribution >= 4 is 49.3 Å². The number of nitriles is 1. The fraction of sp³-hybridized carbons (Fsp3) is 0. The minimum atomic E-state index is 0.564. The van der Waals surface area contributed by atoms with E-state index in [-0.39, 0.29) is 0 Å². The first-order chi connectivity index (χ1) is 32.6. The van der Waals surface area contributed by atoms with Crippen molar-refractivity contribution in [2.24, 2.45) is 0 Å². The van der Waals surface area contributed by atoms with Gasteiger partial charge in [-0.25, -0.2) is 14.8 Å². The first-order valence-corrected chi connectivity index (χ1v) is 21.8. The van der Waals surface area contributed by atoms with Gasteiger partial charge in [0.05, 0.1) is 57.3 Å². The maximum absolute atomic E-state index is 9.93. The molecule has 0 fully saturated rings. The van der Waals surface area contributed by atoms with Crippen molar-refractivity contribution in [2.75, 3.05) is 0 Å². The van der Waals surface area contributed by atoms with Crippen LogP contribution in [0.15, 0.2) is 218 Å². The van der Waals surface area contributed by atoms with Crippen molar-refractivity contribution in [1.29, 1.82) is 5.26 Å². The lowest BCUT2D eigenvalue weighted by molar-refractivity contribution is 1.16. The van der Waals surface area contributed by atoms with E-state index < -0.39 is 0 Å². The van der Waals surface area contributed by atoms with Crippen LogP contribution < -0.4 is 0 Å². The summed E-state index contributed by atoms with van der Waals surface area (Å²) in [5.74, 6) is 0.625. The average Bonchev–Trinajstić information content (AvgIpc) is 3.91. The van der Waals surface area contributed by atoms with Crippen molar-refractivity contribution < 1.29 is 0 Å². The summed E-state index contributed by atoms with van der Waals surface area (Å²) in [6.07, 6.45) is 0. The summed E-state index contributed by atoms with van der Waals surface area (Å²) in [4.78, 5) is 14.1. The highest BCUT2D eigenvalue weighted by Gasteiger charge is 2.24. The molecular formula is C60H36N6.